The average Bonchev–Trinajstić information content (AvgIpc) is 3.36. The van der Waals surface area contributed by atoms with Gasteiger partial charge in [0, 0.05) is 45.5 Å². The summed E-state index contributed by atoms with van der Waals surface area (Å²) >= 11 is 1.03. The standard InChI is InChI=1S/C15H16FN5O2S.C12H18N2.CH4O/c1-2-21(10-5-3-9(16)4-6-10)20-15(23)12-7-11(14(18)24-12)13(17)19-8-22;1-11-3-5-12(6-4-11)14-9-7-13(2)8-10-14;1-2/h3-8H,2,18H2,1H3,(H,20,23)(H2,17,19,22);3-6H,7-10H2,1-2H3;2H,1H3. The molecule has 4 rings (SSSR count). The van der Waals surface area contributed by atoms with Gasteiger partial charge >= 0.3 is 0 Å². The minimum Gasteiger partial charge on any atom is -0.400 e. The third-order valence-electron chi connectivity index (χ3n) is 6.05. The zero-order valence-electron chi connectivity index (χ0n) is 23.3. The molecule has 3 aromatic rings. The highest BCUT2D eigenvalue weighted by molar-refractivity contribution is 7.18. The van der Waals surface area contributed by atoms with Crippen molar-refractivity contribution in [1.82, 2.24) is 10.3 Å². The van der Waals surface area contributed by atoms with E-state index in [0.29, 0.717) is 29.1 Å². The van der Waals surface area contributed by atoms with Gasteiger partial charge in [0.25, 0.3) is 5.91 Å². The number of nitrogens with two attached hydrogens (primary N) is 2. The van der Waals surface area contributed by atoms with E-state index in [0.717, 1.165) is 31.5 Å². The molecule has 0 spiro atoms. The van der Waals surface area contributed by atoms with Gasteiger partial charge in [0.15, 0.2) is 0 Å². The van der Waals surface area contributed by atoms with Crippen LogP contribution < -0.4 is 26.8 Å². The molecule has 10 nitrogen and oxygen atoms in total. The Balaban J connectivity index is 0.000000296. The van der Waals surface area contributed by atoms with Crippen LogP contribution in [0.5, 0.6) is 0 Å². The van der Waals surface area contributed by atoms with E-state index in [4.69, 9.17) is 16.6 Å². The SMILES string of the molecule is CCN(NC(=O)c1cc(C(N)=NC=O)c(N)s1)c1ccc(F)cc1.CO.Cc1ccc(N2CCN(C)CC2)cc1. The Bertz CT molecular complexity index is 1240. The maximum absolute atomic E-state index is 13.0. The molecule has 0 radical (unpaired) electrons. The van der Waals surface area contributed by atoms with Gasteiger partial charge in [0.05, 0.1) is 21.1 Å². The Hall–Kier alpha value is -4.00. The van der Waals surface area contributed by atoms with Gasteiger partial charge in [0.2, 0.25) is 6.41 Å². The lowest BCUT2D eigenvalue weighted by atomic mass is 10.2. The molecule has 2 amide bonds. The number of aliphatic hydroxyl groups is 1. The van der Waals surface area contributed by atoms with Gasteiger partial charge < -0.3 is 26.4 Å². The van der Waals surface area contributed by atoms with Crippen molar-refractivity contribution >= 4 is 45.9 Å². The minimum atomic E-state index is -0.400. The Morgan fingerprint density at radius 2 is 1.73 bits per heavy atom. The maximum atomic E-state index is 13.0. The van der Waals surface area contributed by atoms with Gasteiger partial charge in [-0.2, -0.15) is 4.99 Å². The van der Waals surface area contributed by atoms with Crippen LogP contribution in [-0.2, 0) is 4.79 Å². The van der Waals surface area contributed by atoms with Crippen molar-refractivity contribution in [1.29, 1.82) is 0 Å². The number of amidine groups is 1. The lowest BCUT2D eigenvalue weighted by Crippen LogP contribution is -2.44. The third kappa shape index (κ3) is 9.33. The smallest absolute Gasteiger partial charge is 0.279 e. The first-order valence-corrected chi connectivity index (χ1v) is 13.5. The number of hydrogen-bond donors (Lipinski definition) is 4. The second kappa shape index (κ2) is 16.2. The van der Waals surface area contributed by atoms with Crippen LogP contribution in [-0.4, -0.2) is 75.0 Å². The van der Waals surface area contributed by atoms with Crippen LogP contribution >= 0.6 is 11.3 Å². The number of anilines is 3. The maximum Gasteiger partial charge on any atom is 0.279 e. The number of halogens is 1. The molecule has 2 heterocycles. The van der Waals surface area contributed by atoms with Crippen LogP contribution in [0.25, 0.3) is 0 Å². The van der Waals surface area contributed by atoms with Crippen molar-refractivity contribution in [2.24, 2.45) is 10.7 Å². The number of nitrogens with one attached hydrogen (secondary N) is 1. The molecule has 0 bridgehead atoms. The zero-order chi connectivity index (χ0) is 29.7. The predicted molar refractivity (Wildman–Crippen MR) is 161 cm³/mol. The molecule has 1 aliphatic rings. The van der Waals surface area contributed by atoms with Crippen molar-refractivity contribution in [3.05, 3.63) is 76.4 Å². The number of aliphatic hydroxyl groups excluding tert-OH is 1. The summed E-state index contributed by atoms with van der Waals surface area (Å²) in [6.45, 7) is 9.10. The average molecular weight is 572 g/mol. The first-order valence-electron chi connectivity index (χ1n) is 12.7. The number of carbonyl (C=O) groups is 2. The topological polar surface area (TPSA) is 141 Å². The number of hydrazine groups is 1. The summed E-state index contributed by atoms with van der Waals surface area (Å²) in [6.07, 6.45) is 0.305. The highest BCUT2D eigenvalue weighted by Gasteiger charge is 2.17. The molecule has 12 heteroatoms. The van der Waals surface area contributed by atoms with E-state index in [1.807, 2.05) is 6.92 Å². The van der Waals surface area contributed by atoms with Crippen LogP contribution in [0.3, 0.4) is 0 Å². The third-order valence-corrected chi connectivity index (χ3v) is 7.01. The van der Waals surface area contributed by atoms with Gasteiger partial charge in [-0.05, 0) is 63.4 Å². The van der Waals surface area contributed by atoms with Crippen LogP contribution in [0.4, 0.5) is 20.8 Å². The summed E-state index contributed by atoms with van der Waals surface area (Å²) in [5.41, 5.74) is 17.8. The van der Waals surface area contributed by atoms with Crippen LogP contribution in [0, 0.1) is 12.7 Å². The fourth-order valence-corrected chi connectivity index (χ4v) is 4.61. The van der Waals surface area contributed by atoms with E-state index >= 15 is 0 Å². The number of aryl methyl sites for hydroxylation is 1. The Morgan fingerprint density at radius 1 is 1.12 bits per heavy atom. The fraction of sp³-hybridized carbons (Fsp3) is 0.321. The number of piperazine rings is 1. The molecule has 6 N–H and O–H groups in total. The molecule has 1 aromatic heterocycles. The van der Waals surface area contributed by atoms with Gasteiger partial charge in [-0.3, -0.25) is 20.0 Å². The van der Waals surface area contributed by atoms with E-state index in [1.165, 1.54) is 42.5 Å². The number of nitrogen functional groups attached to an aromatic ring is 1. The molecule has 1 aliphatic heterocycles. The zero-order valence-corrected chi connectivity index (χ0v) is 24.1. The molecule has 1 fully saturated rings. The van der Waals surface area contributed by atoms with Crippen molar-refractivity contribution in [3.8, 4) is 0 Å². The number of aliphatic imine (C=N–C) groups is 1. The highest BCUT2D eigenvalue weighted by Crippen LogP contribution is 2.25. The normalized spacial score (nSPS) is 13.3. The molecule has 1 saturated heterocycles. The lowest BCUT2D eigenvalue weighted by Gasteiger charge is -2.34. The summed E-state index contributed by atoms with van der Waals surface area (Å²) in [5, 5.41) is 8.85. The van der Waals surface area contributed by atoms with Crippen molar-refractivity contribution in [2.75, 3.05) is 62.5 Å². The van der Waals surface area contributed by atoms with E-state index in [1.54, 1.807) is 17.1 Å². The summed E-state index contributed by atoms with van der Waals surface area (Å²) in [7, 11) is 3.19. The van der Waals surface area contributed by atoms with Crippen LogP contribution in [0.2, 0.25) is 0 Å². The summed E-state index contributed by atoms with van der Waals surface area (Å²) in [5.74, 6) is -0.812. The number of nitrogens with zero attached hydrogens (tertiary/aromatic N) is 4. The van der Waals surface area contributed by atoms with Gasteiger partial charge in [0.1, 0.15) is 11.7 Å². The van der Waals surface area contributed by atoms with Crippen LogP contribution in [0.15, 0.2) is 59.6 Å². The molecule has 0 unspecified atom stereocenters. The van der Waals surface area contributed by atoms with Gasteiger partial charge in [-0.15, -0.1) is 11.3 Å². The van der Waals surface area contributed by atoms with Crippen molar-refractivity contribution in [3.63, 3.8) is 0 Å². The quantitative estimate of drug-likeness (QED) is 0.147. The second-order valence-corrected chi connectivity index (χ2v) is 9.88. The number of carbonyl (C=O) groups excluding carboxylic acids is 2. The summed E-state index contributed by atoms with van der Waals surface area (Å²) in [4.78, 5) is 31.3. The molecule has 0 saturated carbocycles. The summed E-state index contributed by atoms with van der Waals surface area (Å²) < 4.78 is 13.0. The number of likely N-dealkylation sites (N-methyl/N-ethyl adjacent to an activating group) is 1. The van der Waals surface area contributed by atoms with E-state index < -0.39 is 5.91 Å². The number of amides is 2. The molecule has 2 aromatic carbocycles. The Kier molecular flexibility index (Phi) is 13.0. The number of hydrogen-bond acceptors (Lipinski definition) is 8. The number of rotatable bonds is 7. The Labute approximate surface area is 238 Å². The molecular formula is C28H38FN7O3S. The molecule has 0 atom stereocenters. The van der Waals surface area contributed by atoms with Crippen molar-refractivity contribution in [2.45, 2.75) is 13.8 Å². The lowest BCUT2D eigenvalue weighted by molar-refractivity contribution is -0.106. The fourth-order valence-electron chi connectivity index (χ4n) is 3.79. The van der Waals surface area contributed by atoms with E-state index in [-0.39, 0.29) is 16.7 Å². The second-order valence-electron chi connectivity index (χ2n) is 8.80. The van der Waals surface area contributed by atoms with E-state index in [2.05, 4.69) is 58.5 Å². The summed E-state index contributed by atoms with van der Waals surface area (Å²) in [6, 6.07) is 16.0. The first kappa shape index (κ1) is 32.2. The van der Waals surface area contributed by atoms with Gasteiger partial charge in [-0.1, -0.05) is 17.7 Å². The first-order chi connectivity index (χ1) is 19.2. The van der Waals surface area contributed by atoms with Crippen LogP contribution in [0.1, 0.15) is 27.7 Å². The van der Waals surface area contributed by atoms with E-state index in [9.17, 15) is 14.0 Å². The molecule has 40 heavy (non-hydrogen) atoms. The Morgan fingerprint density at radius 3 is 2.27 bits per heavy atom. The van der Waals surface area contributed by atoms with Crippen molar-refractivity contribution < 1.29 is 19.1 Å². The molecule has 0 aliphatic carbocycles. The predicted octanol–water partition coefficient (Wildman–Crippen LogP) is 2.86. The monoisotopic (exact) mass is 571 g/mol. The largest absolute Gasteiger partial charge is 0.400 e. The molecule has 216 valence electrons. The van der Waals surface area contributed by atoms with Gasteiger partial charge in [-0.25, -0.2) is 4.39 Å². The number of thiophene rings is 1. The number of benzene rings is 2. The molecular weight excluding hydrogens is 533 g/mol. The minimum absolute atomic E-state index is 0.0521. The highest BCUT2D eigenvalue weighted by atomic mass is 32.1.